The molecule has 3 atom stereocenters. The van der Waals surface area contributed by atoms with Gasteiger partial charge in [0.1, 0.15) is 18.4 Å². The number of hydrogen-bond donors (Lipinski definition) is 2. The topological polar surface area (TPSA) is 119 Å². The van der Waals surface area contributed by atoms with Crippen LogP contribution in [0, 0.1) is 0 Å². The van der Waals surface area contributed by atoms with Crippen molar-refractivity contribution in [2.75, 3.05) is 6.54 Å². The average molecular weight is 484 g/mol. The highest BCUT2D eigenvalue weighted by Crippen LogP contribution is 2.30. The minimum Gasteiger partial charge on any atom is -0.460 e. The molecule has 172 valence electrons. The van der Waals surface area contributed by atoms with Crippen molar-refractivity contribution in [3.8, 4) is 0 Å². The smallest absolute Gasteiger partial charge is 0.330 e. The molecule has 1 saturated heterocycles. The van der Waals surface area contributed by atoms with E-state index in [0.717, 1.165) is 0 Å². The van der Waals surface area contributed by atoms with E-state index in [1.165, 1.54) is 17.7 Å². The number of rotatable bonds is 7. The highest BCUT2D eigenvalue weighted by Gasteiger charge is 2.39. The Labute approximate surface area is 193 Å². The van der Waals surface area contributed by atoms with Crippen molar-refractivity contribution in [1.82, 2.24) is 14.9 Å². The Bertz CT molecular complexity index is 1110. The highest BCUT2D eigenvalue weighted by atomic mass is 35.5. The average Bonchev–Trinajstić information content (AvgIpc) is 3.11. The van der Waals surface area contributed by atoms with Crippen LogP contribution in [0.4, 0.5) is 0 Å². The predicted molar refractivity (Wildman–Crippen MR) is 118 cm³/mol. The van der Waals surface area contributed by atoms with Crippen molar-refractivity contribution in [2.45, 2.75) is 51.5 Å². The van der Waals surface area contributed by atoms with Gasteiger partial charge < -0.3 is 14.8 Å². The third kappa shape index (κ3) is 5.59. The zero-order chi connectivity index (χ0) is 23.4. The molecular weight excluding hydrogens is 461 g/mol. The third-order valence-corrected chi connectivity index (χ3v) is 5.84. The summed E-state index contributed by atoms with van der Waals surface area (Å²) in [6.07, 6.45) is -0.132. The maximum absolute atomic E-state index is 12.4. The molecule has 0 saturated carbocycles. The number of halogens is 2. The predicted octanol–water partition coefficient (Wildman–Crippen LogP) is 1.98. The molecule has 1 aromatic heterocycles. The minimum atomic E-state index is -0.770. The van der Waals surface area contributed by atoms with Crippen molar-refractivity contribution in [2.24, 2.45) is 0 Å². The van der Waals surface area contributed by atoms with Crippen LogP contribution >= 0.6 is 23.2 Å². The summed E-state index contributed by atoms with van der Waals surface area (Å²) in [4.78, 5) is 50.4. The number of H-pyrrole nitrogens is 1. The van der Waals surface area contributed by atoms with E-state index in [0.29, 0.717) is 27.6 Å². The first-order valence-corrected chi connectivity index (χ1v) is 10.8. The van der Waals surface area contributed by atoms with Crippen LogP contribution in [0.2, 0.25) is 10.0 Å². The summed E-state index contributed by atoms with van der Waals surface area (Å²) < 4.78 is 12.5. The molecule has 0 unspecified atom stereocenters. The number of carbonyl (C=O) groups is 2. The lowest BCUT2D eigenvalue weighted by Crippen LogP contribution is -2.39. The molecule has 1 fully saturated rings. The van der Waals surface area contributed by atoms with Crippen LogP contribution in [-0.2, 0) is 31.9 Å². The van der Waals surface area contributed by atoms with Gasteiger partial charge in [0.15, 0.2) is 0 Å². The van der Waals surface area contributed by atoms with E-state index in [1.54, 1.807) is 25.1 Å². The quantitative estimate of drug-likeness (QED) is 0.581. The SMILES string of the molecule is CCc1cn([C@H]2C[C@H](OC(C)=O)[C@@H](CNC(=O)Cc3c(Cl)cccc3Cl)O2)c(=O)[nH]c1=O. The number of aryl methyl sites for hydroxylation is 1. The molecule has 1 aliphatic rings. The zero-order valence-electron chi connectivity index (χ0n) is 17.5. The monoisotopic (exact) mass is 483 g/mol. The standard InChI is InChI=1S/C21H23Cl2N3O6/c1-3-12-10-26(21(30)25-20(12)29)19-8-16(31-11(2)27)17(32-19)9-24-18(28)7-13-14(22)5-4-6-15(13)23/h4-6,10,16-17,19H,3,7-9H2,1-2H3,(H,24,28)(H,25,29,30)/t16-,17+,19+/m0/s1. The molecule has 11 heteroatoms. The summed E-state index contributed by atoms with van der Waals surface area (Å²) in [5.41, 5.74) is -0.158. The maximum atomic E-state index is 12.4. The molecule has 1 aromatic carbocycles. The van der Waals surface area contributed by atoms with Crippen LogP contribution in [0.1, 0.15) is 37.6 Å². The summed E-state index contributed by atoms with van der Waals surface area (Å²) in [5.74, 6) is -0.857. The van der Waals surface area contributed by atoms with E-state index >= 15 is 0 Å². The summed E-state index contributed by atoms with van der Waals surface area (Å²) >= 11 is 12.2. The van der Waals surface area contributed by atoms with Crippen molar-refractivity contribution < 1.29 is 19.1 Å². The zero-order valence-corrected chi connectivity index (χ0v) is 19.0. The van der Waals surface area contributed by atoms with Gasteiger partial charge in [-0.05, 0) is 24.1 Å². The summed E-state index contributed by atoms with van der Waals surface area (Å²) in [6.45, 7) is 3.10. The van der Waals surface area contributed by atoms with Crippen molar-refractivity contribution >= 4 is 35.1 Å². The third-order valence-electron chi connectivity index (χ3n) is 5.13. The Kier molecular flexibility index (Phi) is 7.76. The molecule has 1 amide bonds. The van der Waals surface area contributed by atoms with Gasteiger partial charge in [-0.1, -0.05) is 36.2 Å². The van der Waals surface area contributed by atoms with Gasteiger partial charge in [0.25, 0.3) is 5.56 Å². The molecule has 0 bridgehead atoms. The number of carbonyl (C=O) groups excluding carboxylic acids is 2. The first-order chi connectivity index (χ1) is 15.2. The lowest BCUT2D eigenvalue weighted by Gasteiger charge is -2.19. The Morgan fingerprint density at radius 3 is 2.59 bits per heavy atom. The Balaban J connectivity index is 1.72. The fraction of sp³-hybridized carbons (Fsp3) is 0.429. The molecule has 9 nitrogen and oxygen atoms in total. The molecule has 0 aliphatic carbocycles. The van der Waals surface area contributed by atoms with Gasteiger partial charge in [0, 0.05) is 41.7 Å². The number of hydrogen-bond acceptors (Lipinski definition) is 6. The lowest BCUT2D eigenvalue weighted by atomic mass is 10.1. The Morgan fingerprint density at radius 1 is 1.28 bits per heavy atom. The second kappa shape index (κ2) is 10.3. The summed E-state index contributed by atoms with van der Waals surface area (Å²) in [6, 6.07) is 4.97. The highest BCUT2D eigenvalue weighted by molar-refractivity contribution is 6.36. The van der Waals surface area contributed by atoms with Crippen LogP contribution in [0.3, 0.4) is 0 Å². The van der Waals surface area contributed by atoms with E-state index in [9.17, 15) is 19.2 Å². The van der Waals surface area contributed by atoms with Crippen LogP contribution < -0.4 is 16.6 Å². The molecule has 32 heavy (non-hydrogen) atoms. The van der Waals surface area contributed by atoms with Crippen molar-refractivity contribution in [3.63, 3.8) is 0 Å². The molecule has 2 heterocycles. The van der Waals surface area contributed by atoms with Gasteiger partial charge in [-0.2, -0.15) is 0 Å². The lowest BCUT2D eigenvalue weighted by molar-refractivity contribution is -0.149. The Hall–Kier alpha value is -2.62. The van der Waals surface area contributed by atoms with E-state index in [2.05, 4.69) is 10.3 Å². The fourth-order valence-corrected chi connectivity index (χ4v) is 4.05. The van der Waals surface area contributed by atoms with Gasteiger partial charge in [0.05, 0.1) is 6.42 Å². The van der Waals surface area contributed by atoms with Crippen LogP contribution in [0.5, 0.6) is 0 Å². The van der Waals surface area contributed by atoms with Crippen LogP contribution in [0.25, 0.3) is 0 Å². The van der Waals surface area contributed by atoms with Crippen LogP contribution in [0.15, 0.2) is 34.0 Å². The van der Waals surface area contributed by atoms with Crippen molar-refractivity contribution in [1.29, 1.82) is 0 Å². The molecule has 0 radical (unpaired) electrons. The molecule has 3 rings (SSSR count). The second-order valence-corrected chi connectivity index (χ2v) is 8.18. The number of ether oxygens (including phenoxy) is 2. The molecule has 2 N–H and O–H groups in total. The van der Waals surface area contributed by atoms with Gasteiger partial charge >= 0.3 is 11.7 Å². The van der Waals surface area contributed by atoms with E-state index in [1.807, 2.05) is 0 Å². The van der Waals surface area contributed by atoms with E-state index < -0.39 is 35.7 Å². The summed E-state index contributed by atoms with van der Waals surface area (Å²) in [7, 11) is 0. The van der Waals surface area contributed by atoms with Crippen molar-refractivity contribution in [3.05, 3.63) is 66.4 Å². The Morgan fingerprint density at radius 2 is 1.97 bits per heavy atom. The van der Waals surface area contributed by atoms with Gasteiger partial charge in [-0.3, -0.25) is 23.9 Å². The number of aromatic nitrogens is 2. The van der Waals surface area contributed by atoms with Gasteiger partial charge in [-0.15, -0.1) is 0 Å². The second-order valence-electron chi connectivity index (χ2n) is 7.37. The first kappa shape index (κ1) is 24.0. The molecule has 1 aliphatic heterocycles. The number of amides is 1. The number of benzene rings is 1. The number of esters is 1. The van der Waals surface area contributed by atoms with Gasteiger partial charge in [-0.25, -0.2) is 4.79 Å². The number of nitrogens with one attached hydrogen (secondary N) is 2. The molecule has 0 spiro atoms. The first-order valence-electron chi connectivity index (χ1n) is 10.1. The van der Waals surface area contributed by atoms with Gasteiger partial charge in [0.2, 0.25) is 5.91 Å². The van der Waals surface area contributed by atoms with E-state index in [-0.39, 0.29) is 25.3 Å². The molecular formula is C21H23Cl2N3O6. The fourth-order valence-electron chi connectivity index (χ4n) is 3.52. The number of nitrogens with zero attached hydrogens (tertiary/aromatic N) is 1. The summed E-state index contributed by atoms with van der Waals surface area (Å²) in [5, 5.41) is 3.49. The normalized spacial score (nSPS) is 20.2. The van der Waals surface area contributed by atoms with E-state index in [4.69, 9.17) is 32.7 Å². The molecule has 2 aromatic rings. The maximum Gasteiger partial charge on any atom is 0.330 e. The van der Waals surface area contributed by atoms with Crippen LogP contribution in [-0.4, -0.2) is 40.2 Å². The largest absolute Gasteiger partial charge is 0.460 e. The minimum absolute atomic E-state index is 0.0356. The number of aromatic amines is 1.